The fourth-order valence-electron chi connectivity index (χ4n) is 2.23. The molecule has 1 N–H and O–H groups in total. The molecule has 1 unspecified atom stereocenters. The number of ether oxygens (including phenoxy) is 1. The number of rotatable bonds is 6. The standard InChI is InChI=1S/C15H22N4O/c1-5-19-10-17-18-15(19)9-16-12(3)13-8-11(2)6-7-14(13)20-4/h6-8,10,12,16H,5,9H2,1-4H3. The summed E-state index contributed by atoms with van der Waals surface area (Å²) in [6, 6.07) is 6.41. The fraction of sp³-hybridized carbons (Fsp3) is 0.467. The molecule has 108 valence electrons. The van der Waals surface area contributed by atoms with Crippen molar-refractivity contribution in [1.82, 2.24) is 20.1 Å². The molecule has 0 aliphatic carbocycles. The Morgan fingerprint density at radius 2 is 2.20 bits per heavy atom. The van der Waals surface area contributed by atoms with Gasteiger partial charge in [-0.25, -0.2) is 0 Å². The molecular formula is C15H22N4O. The minimum atomic E-state index is 0.187. The summed E-state index contributed by atoms with van der Waals surface area (Å²) in [6.45, 7) is 7.87. The second-order valence-electron chi connectivity index (χ2n) is 4.88. The van der Waals surface area contributed by atoms with Gasteiger partial charge in [-0.2, -0.15) is 0 Å². The number of methoxy groups -OCH3 is 1. The van der Waals surface area contributed by atoms with Crippen molar-refractivity contribution in [3.8, 4) is 5.75 Å². The first-order valence-electron chi connectivity index (χ1n) is 6.90. The predicted octanol–water partition coefficient (Wildman–Crippen LogP) is 2.47. The van der Waals surface area contributed by atoms with Gasteiger partial charge in [-0.3, -0.25) is 0 Å². The fourth-order valence-corrected chi connectivity index (χ4v) is 2.23. The summed E-state index contributed by atoms with van der Waals surface area (Å²) in [7, 11) is 1.70. The third-order valence-electron chi connectivity index (χ3n) is 3.45. The maximum absolute atomic E-state index is 5.43. The molecule has 0 saturated heterocycles. The van der Waals surface area contributed by atoms with Gasteiger partial charge in [-0.1, -0.05) is 17.7 Å². The average Bonchev–Trinajstić information content (AvgIpc) is 2.92. The molecule has 20 heavy (non-hydrogen) atoms. The minimum absolute atomic E-state index is 0.187. The van der Waals surface area contributed by atoms with Gasteiger partial charge in [0.05, 0.1) is 13.7 Å². The van der Waals surface area contributed by atoms with Crippen LogP contribution in [0.2, 0.25) is 0 Å². The zero-order chi connectivity index (χ0) is 14.5. The lowest BCUT2D eigenvalue weighted by molar-refractivity contribution is 0.400. The number of aromatic nitrogens is 3. The second-order valence-corrected chi connectivity index (χ2v) is 4.88. The van der Waals surface area contributed by atoms with Crippen molar-refractivity contribution in [1.29, 1.82) is 0 Å². The number of nitrogens with zero attached hydrogens (tertiary/aromatic N) is 3. The van der Waals surface area contributed by atoms with E-state index < -0.39 is 0 Å². The van der Waals surface area contributed by atoms with Gasteiger partial charge >= 0.3 is 0 Å². The van der Waals surface area contributed by atoms with Crippen molar-refractivity contribution in [2.45, 2.75) is 39.9 Å². The van der Waals surface area contributed by atoms with E-state index in [-0.39, 0.29) is 6.04 Å². The van der Waals surface area contributed by atoms with Crippen LogP contribution in [0.5, 0.6) is 5.75 Å². The number of hydrogen-bond donors (Lipinski definition) is 1. The Hall–Kier alpha value is -1.88. The van der Waals surface area contributed by atoms with Crippen molar-refractivity contribution >= 4 is 0 Å². The highest BCUT2D eigenvalue weighted by atomic mass is 16.5. The molecule has 0 aliphatic heterocycles. The van der Waals surface area contributed by atoms with Crippen LogP contribution in [-0.4, -0.2) is 21.9 Å². The molecule has 0 aliphatic rings. The molecule has 5 heteroatoms. The first-order chi connectivity index (χ1) is 9.65. The summed E-state index contributed by atoms with van der Waals surface area (Å²) >= 11 is 0. The van der Waals surface area contributed by atoms with Crippen LogP contribution in [0.1, 0.15) is 36.8 Å². The molecule has 0 spiro atoms. The normalized spacial score (nSPS) is 12.4. The number of aryl methyl sites for hydroxylation is 2. The molecule has 0 saturated carbocycles. The van der Waals surface area contributed by atoms with Crippen molar-refractivity contribution in [2.75, 3.05) is 7.11 Å². The van der Waals surface area contributed by atoms with E-state index in [0.717, 1.165) is 23.7 Å². The summed E-state index contributed by atoms with van der Waals surface area (Å²) in [4.78, 5) is 0. The Morgan fingerprint density at radius 1 is 1.40 bits per heavy atom. The van der Waals surface area contributed by atoms with Crippen molar-refractivity contribution in [3.63, 3.8) is 0 Å². The van der Waals surface area contributed by atoms with Gasteiger partial charge in [0.15, 0.2) is 0 Å². The largest absolute Gasteiger partial charge is 0.496 e. The summed E-state index contributed by atoms with van der Waals surface area (Å²) in [6.07, 6.45) is 1.76. The van der Waals surface area contributed by atoms with Crippen LogP contribution in [0, 0.1) is 6.92 Å². The molecule has 1 atom stereocenters. The quantitative estimate of drug-likeness (QED) is 0.879. The first-order valence-corrected chi connectivity index (χ1v) is 6.90. The molecule has 2 aromatic rings. The van der Waals surface area contributed by atoms with Gasteiger partial charge in [-0.05, 0) is 26.8 Å². The van der Waals surface area contributed by atoms with E-state index in [1.54, 1.807) is 13.4 Å². The van der Waals surface area contributed by atoms with E-state index in [2.05, 4.69) is 48.4 Å². The lowest BCUT2D eigenvalue weighted by Crippen LogP contribution is -2.21. The van der Waals surface area contributed by atoms with Crippen LogP contribution in [0.3, 0.4) is 0 Å². The molecule has 1 aromatic heterocycles. The zero-order valence-corrected chi connectivity index (χ0v) is 12.6. The third-order valence-corrected chi connectivity index (χ3v) is 3.45. The Bertz CT molecular complexity index is 565. The van der Waals surface area contributed by atoms with E-state index in [1.807, 2.05) is 10.6 Å². The lowest BCUT2D eigenvalue weighted by atomic mass is 10.0. The van der Waals surface area contributed by atoms with E-state index >= 15 is 0 Å². The number of hydrogen-bond acceptors (Lipinski definition) is 4. The van der Waals surface area contributed by atoms with Crippen LogP contribution in [0.4, 0.5) is 0 Å². The van der Waals surface area contributed by atoms with Crippen molar-refractivity contribution in [2.24, 2.45) is 0 Å². The van der Waals surface area contributed by atoms with E-state index in [0.29, 0.717) is 6.54 Å². The van der Waals surface area contributed by atoms with Gasteiger partial charge in [-0.15, -0.1) is 10.2 Å². The second kappa shape index (κ2) is 6.52. The van der Waals surface area contributed by atoms with Gasteiger partial charge in [0, 0.05) is 18.2 Å². The van der Waals surface area contributed by atoms with Crippen LogP contribution < -0.4 is 10.1 Å². The summed E-state index contributed by atoms with van der Waals surface area (Å²) < 4.78 is 7.47. The molecule has 0 bridgehead atoms. The molecule has 1 aromatic carbocycles. The van der Waals surface area contributed by atoms with Crippen LogP contribution in [-0.2, 0) is 13.1 Å². The Labute approximate surface area is 120 Å². The maximum Gasteiger partial charge on any atom is 0.146 e. The van der Waals surface area contributed by atoms with Crippen LogP contribution in [0.15, 0.2) is 24.5 Å². The number of nitrogens with one attached hydrogen (secondary N) is 1. The summed E-state index contributed by atoms with van der Waals surface area (Å²) in [5, 5.41) is 11.5. The SMILES string of the molecule is CCn1cnnc1CNC(C)c1cc(C)ccc1OC. The lowest BCUT2D eigenvalue weighted by Gasteiger charge is -2.18. The summed E-state index contributed by atoms with van der Waals surface area (Å²) in [5.74, 6) is 1.86. The third kappa shape index (κ3) is 3.17. The molecule has 0 radical (unpaired) electrons. The molecular weight excluding hydrogens is 252 g/mol. The smallest absolute Gasteiger partial charge is 0.146 e. The Morgan fingerprint density at radius 3 is 2.90 bits per heavy atom. The molecule has 2 rings (SSSR count). The maximum atomic E-state index is 5.43. The van der Waals surface area contributed by atoms with E-state index in [1.165, 1.54) is 5.56 Å². The van der Waals surface area contributed by atoms with E-state index in [9.17, 15) is 0 Å². The minimum Gasteiger partial charge on any atom is -0.496 e. The van der Waals surface area contributed by atoms with Gasteiger partial charge < -0.3 is 14.6 Å². The molecule has 0 fully saturated rings. The van der Waals surface area contributed by atoms with Crippen molar-refractivity contribution in [3.05, 3.63) is 41.5 Å². The summed E-state index contributed by atoms with van der Waals surface area (Å²) in [5.41, 5.74) is 2.39. The van der Waals surface area contributed by atoms with Crippen LogP contribution in [0.25, 0.3) is 0 Å². The van der Waals surface area contributed by atoms with Crippen molar-refractivity contribution < 1.29 is 4.74 Å². The Kier molecular flexibility index (Phi) is 4.74. The molecule has 5 nitrogen and oxygen atoms in total. The van der Waals surface area contributed by atoms with Gasteiger partial charge in [0.1, 0.15) is 17.9 Å². The van der Waals surface area contributed by atoms with E-state index in [4.69, 9.17) is 4.74 Å². The highest BCUT2D eigenvalue weighted by molar-refractivity contribution is 5.38. The number of benzene rings is 1. The van der Waals surface area contributed by atoms with Crippen LogP contribution >= 0.6 is 0 Å². The molecule has 1 heterocycles. The highest BCUT2D eigenvalue weighted by Gasteiger charge is 2.12. The predicted molar refractivity (Wildman–Crippen MR) is 78.7 cm³/mol. The van der Waals surface area contributed by atoms with Gasteiger partial charge in [0.25, 0.3) is 0 Å². The average molecular weight is 274 g/mol. The zero-order valence-electron chi connectivity index (χ0n) is 12.6. The first kappa shape index (κ1) is 14.5. The monoisotopic (exact) mass is 274 g/mol. The van der Waals surface area contributed by atoms with Gasteiger partial charge in [0.2, 0.25) is 0 Å². The highest BCUT2D eigenvalue weighted by Crippen LogP contribution is 2.26. The Balaban J connectivity index is 2.08. The molecule has 0 amide bonds. The topological polar surface area (TPSA) is 52.0 Å².